The fourth-order valence-electron chi connectivity index (χ4n) is 7.42. The first-order chi connectivity index (χ1) is 20.2. The van der Waals surface area contributed by atoms with Crippen molar-refractivity contribution >= 4 is 28.6 Å². The summed E-state index contributed by atoms with van der Waals surface area (Å²) in [6.07, 6.45) is 4.43. The Balaban J connectivity index is 1.36. The summed E-state index contributed by atoms with van der Waals surface area (Å²) in [5, 5.41) is 2.12. The van der Waals surface area contributed by atoms with Crippen molar-refractivity contribution in [2.24, 2.45) is 11.8 Å². The van der Waals surface area contributed by atoms with Crippen LogP contribution in [0.2, 0.25) is 0 Å². The second-order valence-electron chi connectivity index (χ2n) is 12.6. The standard InChI is InChI=1S/C35H40N2O5/c1-23(38)41-31-10-6-9-29(18-31)35-15-16-37(21-25-11-12-25)22-32(35)33(42-24(2)39)19-30(20-35)36(3)34(40)28-14-13-26-7-4-5-8-27(26)17-28/h4-10,13-14,17-18,25,30,32-33H,11-12,15-16,19-22H2,1-3H3/t30-,32-,33?,35-/m0/s1. The van der Waals surface area contributed by atoms with Gasteiger partial charge in [-0.1, -0.05) is 42.5 Å². The topological polar surface area (TPSA) is 76.2 Å². The summed E-state index contributed by atoms with van der Waals surface area (Å²) in [5.41, 5.74) is 1.37. The maximum Gasteiger partial charge on any atom is 0.308 e. The summed E-state index contributed by atoms with van der Waals surface area (Å²) in [5.74, 6) is 0.633. The second kappa shape index (κ2) is 11.5. The highest BCUT2D eigenvalue weighted by atomic mass is 16.5. The number of hydrogen-bond donors (Lipinski definition) is 0. The van der Waals surface area contributed by atoms with Gasteiger partial charge in [-0.3, -0.25) is 14.4 Å². The SMILES string of the molecule is CC(=O)Oc1cccc([C@@]23CCN(CC4CC4)C[C@H]2C(OC(C)=O)C[C@H](N(C)C(=O)c2ccc4ccccc4c2)C3)c1. The van der Waals surface area contributed by atoms with E-state index < -0.39 is 0 Å². The molecular formula is C35H40N2O5. The predicted molar refractivity (Wildman–Crippen MR) is 161 cm³/mol. The fraction of sp³-hybridized carbons (Fsp3) is 0.457. The molecule has 4 atom stereocenters. The normalized spacial score (nSPS) is 25.8. The van der Waals surface area contributed by atoms with E-state index in [4.69, 9.17) is 9.47 Å². The number of carbonyl (C=O) groups excluding carboxylic acids is 3. The fourth-order valence-corrected chi connectivity index (χ4v) is 7.42. The molecule has 0 aromatic heterocycles. The maximum atomic E-state index is 13.9. The molecule has 2 aliphatic carbocycles. The zero-order chi connectivity index (χ0) is 29.4. The number of piperidine rings is 1. The van der Waals surface area contributed by atoms with Crippen LogP contribution in [-0.2, 0) is 19.7 Å². The quantitative estimate of drug-likeness (QED) is 0.273. The number of benzene rings is 3. The first-order valence-electron chi connectivity index (χ1n) is 15.2. The van der Waals surface area contributed by atoms with Crippen LogP contribution in [0.4, 0.5) is 0 Å². The minimum Gasteiger partial charge on any atom is -0.462 e. The van der Waals surface area contributed by atoms with Gasteiger partial charge in [0.2, 0.25) is 0 Å². The number of carbonyl (C=O) groups is 3. The Bertz CT molecular complexity index is 1500. The maximum absolute atomic E-state index is 13.9. The van der Waals surface area contributed by atoms with Crippen LogP contribution in [0.25, 0.3) is 10.8 Å². The Morgan fingerprint density at radius 3 is 2.48 bits per heavy atom. The summed E-state index contributed by atoms with van der Waals surface area (Å²) < 4.78 is 11.6. The second-order valence-corrected chi connectivity index (χ2v) is 12.6. The van der Waals surface area contributed by atoms with Gasteiger partial charge in [-0.05, 0) is 78.7 Å². The van der Waals surface area contributed by atoms with Gasteiger partial charge in [0.1, 0.15) is 11.9 Å². The molecule has 3 aromatic carbocycles. The molecule has 42 heavy (non-hydrogen) atoms. The minimum atomic E-state index is -0.361. The number of amides is 1. The number of ether oxygens (including phenoxy) is 2. The highest BCUT2D eigenvalue weighted by molar-refractivity contribution is 5.98. The highest BCUT2D eigenvalue weighted by Gasteiger charge is 2.54. The third-order valence-corrected chi connectivity index (χ3v) is 9.66. The van der Waals surface area contributed by atoms with Gasteiger partial charge in [0, 0.05) is 63.3 Å². The zero-order valence-corrected chi connectivity index (χ0v) is 24.8. The van der Waals surface area contributed by atoms with Crippen molar-refractivity contribution < 1.29 is 23.9 Å². The smallest absolute Gasteiger partial charge is 0.308 e. The molecule has 3 fully saturated rings. The summed E-state index contributed by atoms with van der Waals surface area (Å²) in [7, 11) is 1.87. The first kappa shape index (κ1) is 28.4. The Morgan fingerprint density at radius 1 is 0.952 bits per heavy atom. The lowest BCUT2D eigenvalue weighted by atomic mass is 9.56. The van der Waals surface area contributed by atoms with Gasteiger partial charge in [-0.25, -0.2) is 0 Å². The van der Waals surface area contributed by atoms with Gasteiger partial charge < -0.3 is 19.3 Å². The largest absolute Gasteiger partial charge is 0.462 e. The number of nitrogens with zero attached hydrogens (tertiary/aromatic N) is 2. The van der Waals surface area contributed by atoms with Crippen molar-refractivity contribution in [3.63, 3.8) is 0 Å². The van der Waals surface area contributed by atoms with Crippen molar-refractivity contribution in [3.05, 3.63) is 77.9 Å². The zero-order valence-electron chi connectivity index (χ0n) is 24.8. The van der Waals surface area contributed by atoms with Crippen molar-refractivity contribution in [1.29, 1.82) is 0 Å². The van der Waals surface area contributed by atoms with Crippen molar-refractivity contribution in [2.45, 2.75) is 63.5 Å². The number of hydrogen-bond acceptors (Lipinski definition) is 6. The van der Waals surface area contributed by atoms with E-state index in [0.717, 1.165) is 54.7 Å². The van der Waals surface area contributed by atoms with Crippen LogP contribution in [0, 0.1) is 11.8 Å². The van der Waals surface area contributed by atoms with E-state index in [9.17, 15) is 14.4 Å². The predicted octanol–water partition coefficient (Wildman–Crippen LogP) is 5.60. The summed E-state index contributed by atoms with van der Waals surface area (Å²) in [6, 6.07) is 21.6. The third kappa shape index (κ3) is 5.80. The van der Waals surface area contributed by atoms with Gasteiger partial charge in [0.25, 0.3) is 5.91 Å². The molecule has 7 nitrogen and oxygen atoms in total. The number of likely N-dealkylation sites (tertiary alicyclic amines) is 1. The van der Waals surface area contributed by atoms with E-state index in [1.165, 1.54) is 26.7 Å². The van der Waals surface area contributed by atoms with E-state index in [0.29, 0.717) is 17.7 Å². The molecule has 6 rings (SSSR count). The van der Waals surface area contributed by atoms with Crippen LogP contribution in [0.15, 0.2) is 66.7 Å². The van der Waals surface area contributed by atoms with Gasteiger partial charge in [-0.15, -0.1) is 0 Å². The molecule has 0 spiro atoms. The molecular weight excluding hydrogens is 528 g/mol. The summed E-state index contributed by atoms with van der Waals surface area (Å²) in [6.45, 7) is 5.73. The van der Waals surface area contributed by atoms with Crippen LogP contribution < -0.4 is 4.74 Å². The number of fused-ring (bicyclic) bond motifs is 2. The van der Waals surface area contributed by atoms with Crippen molar-refractivity contribution in [2.75, 3.05) is 26.7 Å². The van der Waals surface area contributed by atoms with E-state index in [1.807, 2.05) is 66.5 Å². The van der Waals surface area contributed by atoms with Gasteiger partial charge in [0.05, 0.1) is 0 Å². The van der Waals surface area contributed by atoms with Crippen molar-refractivity contribution in [1.82, 2.24) is 9.80 Å². The average Bonchev–Trinajstić information content (AvgIpc) is 3.80. The molecule has 1 heterocycles. The van der Waals surface area contributed by atoms with Crippen molar-refractivity contribution in [3.8, 4) is 5.75 Å². The Labute approximate surface area is 247 Å². The van der Waals surface area contributed by atoms with Crippen LogP contribution >= 0.6 is 0 Å². The summed E-state index contributed by atoms with van der Waals surface area (Å²) in [4.78, 5) is 42.6. The molecule has 2 saturated carbocycles. The molecule has 1 aliphatic heterocycles. The first-order valence-corrected chi connectivity index (χ1v) is 15.2. The average molecular weight is 569 g/mol. The highest BCUT2D eigenvalue weighted by Crippen LogP contribution is 2.52. The van der Waals surface area contributed by atoms with Gasteiger partial charge in [-0.2, -0.15) is 0 Å². The van der Waals surface area contributed by atoms with E-state index in [2.05, 4.69) is 11.0 Å². The Hall–Kier alpha value is -3.71. The Morgan fingerprint density at radius 2 is 1.74 bits per heavy atom. The number of rotatable bonds is 7. The molecule has 0 N–H and O–H groups in total. The molecule has 3 aromatic rings. The Kier molecular flexibility index (Phi) is 7.79. The lowest BCUT2D eigenvalue weighted by Crippen LogP contribution is -2.62. The molecule has 7 heteroatoms. The monoisotopic (exact) mass is 568 g/mol. The molecule has 220 valence electrons. The van der Waals surface area contributed by atoms with Crippen LogP contribution in [0.5, 0.6) is 5.75 Å². The molecule has 0 bridgehead atoms. The van der Waals surface area contributed by atoms with E-state index in [-0.39, 0.29) is 41.3 Å². The van der Waals surface area contributed by atoms with Crippen LogP contribution in [-0.4, -0.2) is 66.5 Å². The third-order valence-electron chi connectivity index (χ3n) is 9.66. The molecule has 1 saturated heterocycles. The van der Waals surface area contributed by atoms with E-state index >= 15 is 0 Å². The van der Waals surface area contributed by atoms with Gasteiger partial charge >= 0.3 is 11.9 Å². The molecule has 0 radical (unpaired) electrons. The van der Waals surface area contributed by atoms with Gasteiger partial charge in [0.15, 0.2) is 0 Å². The summed E-state index contributed by atoms with van der Waals surface area (Å²) >= 11 is 0. The number of esters is 2. The van der Waals surface area contributed by atoms with Crippen LogP contribution in [0.1, 0.15) is 61.9 Å². The molecule has 1 amide bonds. The lowest BCUT2D eigenvalue weighted by molar-refractivity contribution is -0.158. The van der Waals surface area contributed by atoms with E-state index in [1.54, 1.807) is 6.07 Å². The molecule has 3 aliphatic rings. The molecule has 1 unspecified atom stereocenters. The lowest BCUT2D eigenvalue weighted by Gasteiger charge is -2.56. The van der Waals surface area contributed by atoms with Crippen LogP contribution in [0.3, 0.4) is 0 Å². The minimum absolute atomic E-state index is 0.0410.